The lowest BCUT2D eigenvalue weighted by Crippen LogP contribution is -2.53. The van der Waals surface area contributed by atoms with Gasteiger partial charge >= 0.3 is 6.01 Å². The van der Waals surface area contributed by atoms with Crippen LogP contribution in [0.25, 0.3) is 22.5 Å². The lowest BCUT2D eigenvalue weighted by Gasteiger charge is -2.42. The van der Waals surface area contributed by atoms with Gasteiger partial charge in [0.15, 0.2) is 0 Å². The van der Waals surface area contributed by atoms with E-state index in [1.807, 2.05) is 19.1 Å². The minimum Gasteiger partial charge on any atom is -0.494 e. The molecule has 8 heteroatoms. The van der Waals surface area contributed by atoms with E-state index in [4.69, 9.17) is 18.9 Å². The highest BCUT2D eigenvalue weighted by Gasteiger charge is 2.43. The maximum Gasteiger partial charge on any atom is 0.316 e. The molecule has 0 amide bonds. The fourth-order valence-electron chi connectivity index (χ4n) is 4.30. The molecule has 8 nitrogen and oxygen atoms in total. The first kappa shape index (κ1) is 22.5. The number of rotatable bonds is 7. The van der Waals surface area contributed by atoms with Gasteiger partial charge in [-0.05, 0) is 61.4 Å². The van der Waals surface area contributed by atoms with Gasteiger partial charge in [-0.15, -0.1) is 5.10 Å². The van der Waals surface area contributed by atoms with Crippen molar-refractivity contribution in [2.75, 3.05) is 25.6 Å². The number of pyridine rings is 1. The zero-order valence-corrected chi connectivity index (χ0v) is 19.7. The lowest BCUT2D eigenvalue weighted by atomic mass is 9.76. The predicted octanol–water partition coefficient (Wildman–Crippen LogP) is 4.24. The summed E-state index contributed by atoms with van der Waals surface area (Å²) >= 11 is 0. The number of anilines is 1. The highest BCUT2D eigenvalue weighted by atomic mass is 16.5. The monoisotopic (exact) mass is 440 g/mol. The Morgan fingerprint density at radius 3 is 2.62 bits per heavy atom. The number of fused-ring (bicyclic) bond motifs is 1. The molecule has 0 saturated heterocycles. The number of benzene rings is 1. The van der Waals surface area contributed by atoms with Crippen molar-refractivity contribution in [1.29, 1.82) is 0 Å². The summed E-state index contributed by atoms with van der Waals surface area (Å²) in [6.07, 6.45) is 1.14. The molecule has 0 atom stereocenters. The number of nitrogens with zero attached hydrogens (tertiary/aromatic N) is 3. The molecule has 1 saturated carbocycles. The lowest BCUT2D eigenvalue weighted by molar-refractivity contribution is -0.0914. The van der Waals surface area contributed by atoms with E-state index < -0.39 is 5.60 Å². The first-order valence-corrected chi connectivity index (χ1v) is 11.0. The highest BCUT2D eigenvalue weighted by Crippen LogP contribution is 2.37. The van der Waals surface area contributed by atoms with Crippen LogP contribution in [-0.4, -0.2) is 52.3 Å². The number of nitrogens with one attached hydrogen (secondary N) is 1. The summed E-state index contributed by atoms with van der Waals surface area (Å²) in [6.45, 7) is 11.5. The van der Waals surface area contributed by atoms with Gasteiger partial charge in [-0.1, -0.05) is 25.9 Å². The molecule has 2 heterocycles. The van der Waals surface area contributed by atoms with Crippen molar-refractivity contribution in [1.82, 2.24) is 15.2 Å². The molecule has 3 aromatic rings. The van der Waals surface area contributed by atoms with Gasteiger partial charge in [0.05, 0.1) is 24.3 Å². The normalized spacial score (nSPS) is 20.9. The first-order valence-electron chi connectivity index (χ1n) is 11.0. The summed E-state index contributed by atoms with van der Waals surface area (Å²) < 4.78 is 16.7. The van der Waals surface area contributed by atoms with Crippen molar-refractivity contribution in [2.24, 2.45) is 0 Å². The molecule has 1 aliphatic carbocycles. The predicted molar refractivity (Wildman–Crippen MR) is 123 cm³/mol. The Morgan fingerprint density at radius 2 is 1.97 bits per heavy atom. The Bertz CT molecular complexity index is 1110. The van der Waals surface area contributed by atoms with Gasteiger partial charge in [-0.25, -0.2) is 4.98 Å². The molecule has 0 unspecified atom stereocenters. The summed E-state index contributed by atoms with van der Waals surface area (Å²) in [5.74, 6) is 1.21. The fraction of sp³-hybridized carbons (Fsp3) is 0.542. The zero-order valence-electron chi connectivity index (χ0n) is 19.7. The maximum atomic E-state index is 10.3. The second kappa shape index (κ2) is 8.33. The number of hydrogen-bond acceptors (Lipinski definition) is 8. The van der Waals surface area contributed by atoms with Crippen molar-refractivity contribution in [2.45, 2.75) is 64.5 Å². The molecule has 2 aromatic heterocycles. The number of aryl methyl sites for hydroxylation is 1. The Balaban J connectivity index is 1.64. The van der Waals surface area contributed by atoms with Crippen LogP contribution in [0, 0.1) is 6.92 Å². The van der Waals surface area contributed by atoms with E-state index in [-0.39, 0.29) is 11.5 Å². The average Bonchev–Trinajstić information content (AvgIpc) is 3.15. The summed E-state index contributed by atoms with van der Waals surface area (Å²) in [6, 6.07) is 6.47. The third kappa shape index (κ3) is 4.42. The molecule has 4 rings (SSSR count). The molecular formula is C24H32N4O4. The number of methoxy groups -OCH3 is 1. The summed E-state index contributed by atoms with van der Waals surface area (Å²) in [4.78, 5) is 4.91. The van der Waals surface area contributed by atoms with Crippen LogP contribution in [0.4, 0.5) is 6.01 Å². The Hall–Kier alpha value is -2.71. The minimum atomic E-state index is -0.782. The molecule has 1 aliphatic rings. The van der Waals surface area contributed by atoms with Gasteiger partial charge in [0.25, 0.3) is 5.89 Å². The summed E-state index contributed by atoms with van der Waals surface area (Å²) in [5.41, 5.74) is 2.81. The van der Waals surface area contributed by atoms with E-state index in [1.165, 1.54) is 0 Å². The minimum absolute atomic E-state index is 0.0687. The number of aliphatic hydroxyl groups is 1. The van der Waals surface area contributed by atoms with Crippen molar-refractivity contribution < 1.29 is 19.0 Å². The van der Waals surface area contributed by atoms with Gasteiger partial charge in [-0.3, -0.25) is 0 Å². The van der Waals surface area contributed by atoms with Gasteiger partial charge < -0.3 is 24.3 Å². The second-order valence-electron chi connectivity index (χ2n) is 9.69. The van der Waals surface area contributed by atoms with Crippen LogP contribution in [0.2, 0.25) is 0 Å². The first-order chi connectivity index (χ1) is 15.1. The summed E-state index contributed by atoms with van der Waals surface area (Å²) in [5, 5.41) is 22.8. The van der Waals surface area contributed by atoms with Gasteiger partial charge in [-0.2, -0.15) is 0 Å². The van der Waals surface area contributed by atoms with E-state index in [1.54, 1.807) is 7.11 Å². The molecule has 32 heavy (non-hydrogen) atoms. The van der Waals surface area contributed by atoms with Crippen LogP contribution in [0.3, 0.4) is 0 Å². The number of hydrogen-bond donors (Lipinski definition) is 2. The molecular weight excluding hydrogens is 408 g/mol. The Morgan fingerprint density at radius 1 is 1.22 bits per heavy atom. The molecule has 2 N–H and O–H groups in total. The third-order valence-corrected chi connectivity index (χ3v) is 5.85. The highest BCUT2D eigenvalue weighted by molar-refractivity contribution is 5.89. The molecule has 1 aromatic carbocycles. The maximum absolute atomic E-state index is 10.3. The fourth-order valence-corrected chi connectivity index (χ4v) is 4.30. The molecule has 1 fully saturated rings. The number of ether oxygens (including phenoxy) is 2. The quantitative estimate of drug-likeness (QED) is 0.562. The van der Waals surface area contributed by atoms with Gasteiger partial charge in [0, 0.05) is 18.5 Å². The molecule has 172 valence electrons. The van der Waals surface area contributed by atoms with Crippen molar-refractivity contribution in [3.63, 3.8) is 0 Å². The zero-order chi connectivity index (χ0) is 23.1. The second-order valence-corrected chi connectivity index (χ2v) is 9.69. The summed E-state index contributed by atoms with van der Waals surface area (Å²) in [7, 11) is 1.59. The SMILES string of the molecule is CCOc1cc(C(C)(C)C)c2nc(-c3nnc(NC4CC(O)(COC)C4)o3)cc(C)c2c1. The number of aromatic nitrogens is 3. The van der Waals surface area contributed by atoms with Crippen LogP contribution < -0.4 is 10.1 Å². The van der Waals surface area contributed by atoms with Crippen LogP contribution in [0.15, 0.2) is 22.6 Å². The van der Waals surface area contributed by atoms with Crippen molar-refractivity contribution in [3.05, 3.63) is 29.3 Å². The molecule has 0 spiro atoms. The van der Waals surface area contributed by atoms with Crippen LogP contribution in [-0.2, 0) is 10.2 Å². The van der Waals surface area contributed by atoms with Crippen molar-refractivity contribution in [3.8, 4) is 17.3 Å². The van der Waals surface area contributed by atoms with Crippen LogP contribution in [0.5, 0.6) is 5.75 Å². The van der Waals surface area contributed by atoms with E-state index in [0.717, 1.165) is 27.8 Å². The van der Waals surface area contributed by atoms with Crippen LogP contribution >= 0.6 is 0 Å². The van der Waals surface area contributed by atoms with E-state index >= 15 is 0 Å². The molecule has 0 radical (unpaired) electrons. The third-order valence-electron chi connectivity index (χ3n) is 5.85. The molecule has 0 bridgehead atoms. The van der Waals surface area contributed by atoms with Gasteiger partial charge in [0.2, 0.25) is 0 Å². The van der Waals surface area contributed by atoms with E-state index in [2.05, 4.69) is 49.3 Å². The average molecular weight is 441 g/mol. The van der Waals surface area contributed by atoms with Crippen LogP contribution in [0.1, 0.15) is 51.7 Å². The van der Waals surface area contributed by atoms with Gasteiger partial charge in [0.1, 0.15) is 11.4 Å². The Labute approximate surface area is 188 Å². The standard InChI is InChI=1S/C24H32N4O4/c1-7-31-16-9-17-14(2)8-19(26-20(17)18(10-16)23(3,4)5)21-27-28-22(32-21)25-15-11-24(29,12-15)13-30-6/h8-10,15,29H,7,11-13H2,1-6H3,(H,25,28). The molecule has 0 aliphatic heterocycles. The van der Waals surface area contributed by atoms with Crippen molar-refractivity contribution >= 4 is 16.9 Å². The largest absolute Gasteiger partial charge is 0.494 e. The topological polar surface area (TPSA) is 103 Å². The van der Waals surface area contributed by atoms with E-state index in [0.29, 0.717) is 43.7 Å². The van der Waals surface area contributed by atoms with E-state index in [9.17, 15) is 5.11 Å². The Kier molecular flexibility index (Phi) is 5.85. The smallest absolute Gasteiger partial charge is 0.316 e.